The Labute approximate surface area is 182 Å². The SMILES string of the molecule is O=C1/C(=C\c2ccc(COc3ccc(Cl)c(Cl)c3)o2)NC(=S)N1c1ccccc1. The average molecular weight is 445 g/mol. The molecule has 8 heteroatoms. The highest BCUT2D eigenvalue weighted by atomic mass is 35.5. The van der Waals surface area contributed by atoms with Gasteiger partial charge in [0.05, 0.1) is 15.7 Å². The van der Waals surface area contributed by atoms with Crippen LogP contribution in [0.15, 0.2) is 70.8 Å². The average Bonchev–Trinajstić information content (AvgIpc) is 3.27. The molecule has 2 heterocycles. The summed E-state index contributed by atoms with van der Waals surface area (Å²) in [5.74, 6) is 1.43. The lowest BCUT2D eigenvalue weighted by Crippen LogP contribution is -2.30. The highest BCUT2D eigenvalue weighted by Gasteiger charge is 2.32. The number of halogens is 2. The smallest absolute Gasteiger partial charge is 0.281 e. The monoisotopic (exact) mass is 444 g/mol. The molecule has 1 saturated heterocycles. The summed E-state index contributed by atoms with van der Waals surface area (Å²) in [5, 5.41) is 4.13. The molecule has 4 rings (SSSR count). The summed E-state index contributed by atoms with van der Waals surface area (Å²) in [7, 11) is 0. The van der Waals surface area contributed by atoms with Crippen molar-refractivity contribution < 1.29 is 13.9 Å². The van der Waals surface area contributed by atoms with Gasteiger partial charge in [-0.1, -0.05) is 41.4 Å². The van der Waals surface area contributed by atoms with Crippen LogP contribution in [0.4, 0.5) is 5.69 Å². The van der Waals surface area contributed by atoms with Crippen LogP contribution in [-0.4, -0.2) is 11.0 Å². The van der Waals surface area contributed by atoms with E-state index in [9.17, 15) is 4.79 Å². The first-order chi connectivity index (χ1) is 14.0. The number of ether oxygens (including phenoxy) is 1. The molecule has 1 aromatic heterocycles. The van der Waals surface area contributed by atoms with Gasteiger partial charge in [-0.25, -0.2) is 0 Å². The predicted octanol–water partition coefficient (Wildman–Crippen LogP) is 5.43. The number of para-hydroxylation sites is 1. The van der Waals surface area contributed by atoms with E-state index >= 15 is 0 Å². The summed E-state index contributed by atoms with van der Waals surface area (Å²) in [6.07, 6.45) is 1.61. The molecule has 1 amide bonds. The Morgan fingerprint density at radius 2 is 1.86 bits per heavy atom. The molecule has 0 bridgehead atoms. The standard InChI is InChI=1S/C21H14Cl2N2O3S/c22-17-9-8-14(10-18(17)23)27-12-16-7-6-15(28-16)11-19-20(26)25(21(29)24-19)13-4-2-1-3-5-13/h1-11H,12H2,(H,24,29)/b19-11+. The van der Waals surface area contributed by atoms with Gasteiger partial charge < -0.3 is 14.5 Å². The first kappa shape index (κ1) is 19.5. The quantitative estimate of drug-likeness (QED) is 0.420. The van der Waals surface area contributed by atoms with E-state index in [1.807, 2.05) is 30.3 Å². The van der Waals surface area contributed by atoms with Gasteiger partial charge in [-0.15, -0.1) is 0 Å². The summed E-state index contributed by atoms with van der Waals surface area (Å²) in [6.45, 7) is 0.205. The fraction of sp³-hybridized carbons (Fsp3) is 0.0476. The number of carbonyl (C=O) groups is 1. The molecule has 0 saturated carbocycles. The first-order valence-corrected chi connectivity index (χ1v) is 9.76. The van der Waals surface area contributed by atoms with E-state index in [1.165, 1.54) is 4.90 Å². The Morgan fingerprint density at radius 1 is 1.07 bits per heavy atom. The zero-order valence-corrected chi connectivity index (χ0v) is 17.2. The maximum absolute atomic E-state index is 12.7. The van der Waals surface area contributed by atoms with Crippen molar-refractivity contribution in [3.8, 4) is 5.75 Å². The molecule has 29 heavy (non-hydrogen) atoms. The minimum Gasteiger partial charge on any atom is -0.486 e. The molecular weight excluding hydrogens is 431 g/mol. The largest absolute Gasteiger partial charge is 0.486 e. The van der Waals surface area contributed by atoms with Crippen LogP contribution in [0.5, 0.6) is 5.75 Å². The van der Waals surface area contributed by atoms with Crippen molar-refractivity contribution in [1.29, 1.82) is 0 Å². The van der Waals surface area contributed by atoms with E-state index in [2.05, 4.69) is 5.32 Å². The second-order valence-corrected chi connectivity index (χ2v) is 7.33. The molecule has 1 aliphatic heterocycles. The molecule has 0 aliphatic carbocycles. The summed E-state index contributed by atoms with van der Waals surface area (Å²) in [5.41, 5.74) is 1.04. The van der Waals surface area contributed by atoms with Crippen molar-refractivity contribution in [2.24, 2.45) is 0 Å². The van der Waals surface area contributed by atoms with Crippen LogP contribution in [-0.2, 0) is 11.4 Å². The molecule has 146 valence electrons. The van der Waals surface area contributed by atoms with Gasteiger partial charge in [-0.05, 0) is 48.6 Å². The van der Waals surface area contributed by atoms with Gasteiger partial charge in [0.25, 0.3) is 5.91 Å². The Hall–Kier alpha value is -2.80. The lowest BCUT2D eigenvalue weighted by Gasteiger charge is -2.13. The summed E-state index contributed by atoms with van der Waals surface area (Å²) in [6, 6.07) is 17.8. The van der Waals surface area contributed by atoms with E-state index in [1.54, 1.807) is 36.4 Å². The normalized spacial score (nSPS) is 15.1. The van der Waals surface area contributed by atoms with Crippen LogP contribution in [0.1, 0.15) is 11.5 Å². The molecule has 5 nitrogen and oxygen atoms in total. The van der Waals surface area contributed by atoms with E-state index in [-0.39, 0.29) is 12.5 Å². The van der Waals surface area contributed by atoms with Gasteiger partial charge in [0, 0.05) is 12.1 Å². The molecule has 3 aromatic rings. The molecule has 0 unspecified atom stereocenters. The summed E-state index contributed by atoms with van der Waals surface area (Å²) < 4.78 is 11.4. The van der Waals surface area contributed by atoms with Gasteiger partial charge in [0.2, 0.25) is 0 Å². The van der Waals surface area contributed by atoms with E-state index in [4.69, 9.17) is 44.6 Å². The highest BCUT2D eigenvalue weighted by Crippen LogP contribution is 2.27. The third-order valence-corrected chi connectivity index (χ3v) is 5.16. The topological polar surface area (TPSA) is 54.7 Å². The minimum atomic E-state index is -0.244. The zero-order valence-electron chi connectivity index (χ0n) is 14.9. The van der Waals surface area contributed by atoms with Crippen LogP contribution in [0.2, 0.25) is 10.0 Å². The highest BCUT2D eigenvalue weighted by molar-refractivity contribution is 7.80. The number of thiocarbonyl (C=S) groups is 1. The molecule has 1 aliphatic rings. The molecular formula is C21H14Cl2N2O3S. The number of amides is 1. The van der Waals surface area contributed by atoms with Gasteiger partial charge >= 0.3 is 0 Å². The number of hydrogen-bond donors (Lipinski definition) is 1. The number of anilines is 1. The summed E-state index contributed by atoms with van der Waals surface area (Å²) >= 11 is 17.2. The second-order valence-electron chi connectivity index (χ2n) is 6.13. The molecule has 1 fully saturated rings. The predicted molar refractivity (Wildman–Crippen MR) is 117 cm³/mol. The number of carbonyl (C=O) groups excluding carboxylic acids is 1. The number of hydrogen-bond acceptors (Lipinski definition) is 4. The third-order valence-electron chi connectivity index (χ3n) is 4.13. The third kappa shape index (κ3) is 4.29. The van der Waals surface area contributed by atoms with Crippen LogP contribution in [0.25, 0.3) is 6.08 Å². The minimum absolute atomic E-state index is 0.205. The van der Waals surface area contributed by atoms with E-state index in [0.29, 0.717) is 43.8 Å². The first-order valence-electron chi connectivity index (χ1n) is 8.60. The Bertz CT molecular complexity index is 1110. The fourth-order valence-corrected chi connectivity index (χ4v) is 3.35. The van der Waals surface area contributed by atoms with Gasteiger partial charge in [-0.3, -0.25) is 9.69 Å². The Balaban J connectivity index is 1.45. The lowest BCUT2D eigenvalue weighted by atomic mass is 10.3. The number of benzene rings is 2. The number of nitrogens with one attached hydrogen (secondary N) is 1. The van der Waals surface area contributed by atoms with E-state index < -0.39 is 0 Å². The second kappa shape index (κ2) is 8.29. The van der Waals surface area contributed by atoms with Crippen molar-refractivity contribution in [2.75, 3.05) is 4.90 Å². The number of rotatable bonds is 5. The van der Waals surface area contributed by atoms with Crippen molar-refractivity contribution >= 4 is 58.2 Å². The van der Waals surface area contributed by atoms with Crippen molar-refractivity contribution in [2.45, 2.75) is 6.61 Å². The Kier molecular flexibility index (Phi) is 5.58. The van der Waals surface area contributed by atoms with Crippen LogP contribution in [0, 0.1) is 0 Å². The van der Waals surface area contributed by atoms with Crippen LogP contribution in [0.3, 0.4) is 0 Å². The van der Waals surface area contributed by atoms with Gasteiger partial charge in [0.1, 0.15) is 29.6 Å². The molecule has 0 spiro atoms. The number of furan rings is 1. The number of nitrogens with zero attached hydrogens (tertiary/aromatic N) is 1. The van der Waals surface area contributed by atoms with Crippen LogP contribution < -0.4 is 15.0 Å². The fourth-order valence-electron chi connectivity index (χ4n) is 2.76. The Morgan fingerprint density at radius 3 is 2.62 bits per heavy atom. The lowest BCUT2D eigenvalue weighted by molar-refractivity contribution is -0.113. The summed E-state index contributed by atoms with van der Waals surface area (Å²) in [4.78, 5) is 14.2. The molecule has 0 radical (unpaired) electrons. The molecule has 2 aromatic carbocycles. The van der Waals surface area contributed by atoms with E-state index in [0.717, 1.165) is 0 Å². The van der Waals surface area contributed by atoms with Crippen molar-refractivity contribution in [1.82, 2.24) is 5.32 Å². The maximum Gasteiger partial charge on any atom is 0.281 e. The maximum atomic E-state index is 12.7. The van der Waals surface area contributed by atoms with Gasteiger partial charge in [0.15, 0.2) is 5.11 Å². The molecule has 1 N–H and O–H groups in total. The van der Waals surface area contributed by atoms with Crippen molar-refractivity contribution in [3.63, 3.8) is 0 Å². The van der Waals surface area contributed by atoms with Gasteiger partial charge in [-0.2, -0.15) is 0 Å². The zero-order chi connectivity index (χ0) is 20.4. The molecule has 0 atom stereocenters. The van der Waals surface area contributed by atoms with Crippen LogP contribution >= 0.6 is 35.4 Å². The van der Waals surface area contributed by atoms with Crippen molar-refractivity contribution in [3.05, 3.63) is 87.9 Å².